The molecule has 2 rings (SSSR count). The van der Waals surface area contributed by atoms with Gasteiger partial charge in [0, 0.05) is 24.7 Å². The van der Waals surface area contributed by atoms with Crippen molar-refractivity contribution in [3.05, 3.63) is 18.2 Å². The summed E-state index contributed by atoms with van der Waals surface area (Å²) in [7, 11) is 3.96. The van der Waals surface area contributed by atoms with Gasteiger partial charge in [0.1, 0.15) is 5.75 Å². The molecule has 136 valence electrons. The molecular formula is C17H23N3O5. The number of ether oxygens (including phenoxy) is 1. The van der Waals surface area contributed by atoms with Crippen LogP contribution in [0.1, 0.15) is 19.3 Å². The van der Waals surface area contributed by atoms with Gasteiger partial charge in [0.2, 0.25) is 5.91 Å². The van der Waals surface area contributed by atoms with Crippen molar-refractivity contribution in [2.75, 3.05) is 44.0 Å². The molecule has 2 amide bonds. The molecule has 0 radical (unpaired) electrons. The number of nitrogens with zero attached hydrogens (tertiary/aromatic N) is 2. The highest BCUT2D eigenvalue weighted by atomic mass is 16.5. The summed E-state index contributed by atoms with van der Waals surface area (Å²) in [6.07, 6.45) is 0.524. The molecule has 1 aliphatic rings. The molecular weight excluding hydrogens is 326 g/mol. The van der Waals surface area contributed by atoms with E-state index in [1.54, 1.807) is 23.1 Å². The Labute approximate surface area is 146 Å². The van der Waals surface area contributed by atoms with Gasteiger partial charge in [-0.2, -0.15) is 0 Å². The summed E-state index contributed by atoms with van der Waals surface area (Å²) >= 11 is 0. The maximum Gasteiger partial charge on any atom is 0.303 e. The minimum atomic E-state index is -1.02. The number of amides is 2. The van der Waals surface area contributed by atoms with Gasteiger partial charge < -0.3 is 25.0 Å². The molecule has 1 heterocycles. The van der Waals surface area contributed by atoms with E-state index in [0.29, 0.717) is 23.7 Å². The molecule has 0 fully saturated rings. The number of carbonyl (C=O) groups excluding carboxylic acids is 2. The third-order valence-corrected chi connectivity index (χ3v) is 3.74. The van der Waals surface area contributed by atoms with Gasteiger partial charge in [0.05, 0.1) is 12.1 Å². The first-order valence-electron chi connectivity index (χ1n) is 8.10. The Morgan fingerprint density at radius 3 is 2.76 bits per heavy atom. The average Bonchev–Trinajstić information content (AvgIpc) is 2.55. The molecule has 0 bridgehead atoms. The number of hydrogen-bond acceptors (Lipinski definition) is 5. The Hall–Kier alpha value is -2.61. The predicted molar refractivity (Wildman–Crippen MR) is 93.0 cm³/mol. The second-order valence-electron chi connectivity index (χ2n) is 6.12. The van der Waals surface area contributed by atoms with Crippen molar-refractivity contribution in [1.82, 2.24) is 4.90 Å². The van der Waals surface area contributed by atoms with Crippen LogP contribution in [0, 0.1) is 0 Å². The molecule has 25 heavy (non-hydrogen) atoms. The molecule has 0 unspecified atom stereocenters. The summed E-state index contributed by atoms with van der Waals surface area (Å²) in [6, 6.07) is 5.06. The summed E-state index contributed by atoms with van der Waals surface area (Å²) in [5, 5.41) is 11.2. The quantitative estimate of drug-likeness (QED) is 0.731. The third-order valence-electron chi connectivity index (χ3n) is 3.74. The van der Waals surface area contributed by atoms with Gasteiger partial charge in [-0.05, 0) is 39.2 Å². The lowest BCUT2D eigenvalue weighted by Crippen LogP contribution is -2.40. The zero-order valence-electron chi connectivity index (χ0n) is 14.4. The summed E-state index contributed by atoms with van der Waals surface area (Å²) in [5.74, 6) is -0.960. The van der Waals surface area contributed by atoms with Crippen LogP contribution in [0.3, 0.4) is 0 Å². The largest absolute Gasteiger partial charge is 0.481 e. The van der Waals surface area contributed by atoms with Crippen LogP contribution in [0.2, 0.25) is 0 Å². The van der Waals surface area contributed by atoms with Crippen molar-refractivity contribution in [1.29, 1.82) is 0 Å². The van der Waals surface area contributed by atoms with Crippen LogP contribution >= 0.6 is 0 Å². The van der Waals surface area contributed by atoms with Gasteiger partial charge in [0.15, 0.2) is 6.61 Å². The van der Waals surface area contributed by atoms with E-state index in [9.17, 15) is 14.4 Å². The average molecular weight is 349 g/mol. The van der Waals surface area contributed by atoms with Crippen LogP contribution in [-0.4, -0.2) is 61.6 Å². The van der Waals surface area contributed by atoms with Gasteiger partial charge in [-0.3, -0.25) is 14.4 Å². The van der Waals surface area contributed by atoms with Crippen molar-refractivity contribution in [3.63, 3.8) is 0 Å². The summed E-state index contributed by atoms with van der Waals surface area (Å²) in [6.45, 7) is 1.43. The van der Waals surface area contributed by atoms with Crippen LogP contribution in [0.4, 0.5) is 11.4 Å². The molecule has 8 nitrogen and oxygen atoms in total. The third kappa shape index (κ3) is 5.46. The molecule has 0 saturated carbocycles. The van der Waals surface area contributed by atoms with E-state index in [4.69, 9.17) is 9.84 Å². The first-order valence-corrected chi connectivity index (χ1v) is 8.10. The standard InChI is InChI=1S/C17H23N3O5/c1-19(2)8-3-9-20-13-5-4-12(10-14(13)25-11-16(20)22)18-15(21)6-7-17(23)24/h4-5,10H,3,6-9,11H2,1-2H3,(H,18,21)(H,23,24). The van der Waals surface area contributed by atoms with Gasteiger partial charge in [-0.1, -0.05) is 0 Å². The second-order valence-corrected chi connectivity index (χ2v) is 6.12. The van der Waals surface area contributed by atoms with E-state index < -0.39 is 5.97 Å². The van der Waals surface area contributed by atoms with Crippen LogP contribution in [-0.2, 0) is 14.4 Å². The number of carboxylic acid groups (broad SMARTS) is 1. The summed E-state index contributed by atoms with van der Waals surface area (Å²) in [4.78, 5) is 38.1. The van der Waals surface area contributed by atoms with Crippen molar-refractivity contribution in [3.8, 4) is 5.75 Å². The predicted octanol–water partition coefficient (Wildman–Crippen LogP) is 1.17. The van der Waals surface area contributed by atoms with Crippen LogP contribution < -0.4 is 15.0 Å². The zero-order valence-corrected chi connectivity index (χ0v) is 14.4. The maximum atomic E-state index is 12.1. The molecule has 1 aliphatic heterocycles. The van der Waals surface area contributed by atoms with Crippen molar-refractivity contribution in [2.45, 2.75) is 19.3 Å². The van der Waals surface area contributed by atoms with E-state index in [0.717, 1.165) is 13.0 Å². The number of nitrogens with one attached hydrogen (secondary N) is 1. The molecule has 1 aromatic carbocycles. The Balaban J connectivity index is 2.04. The fraction of sp³-hybridized carbons (Fsp3) is 0.471. The lowest BCUT2D eigenvalue weighted by Gasteiger charge is -2.30. The van der Waals surface area contributed by atoms with E-state index in [1.807, 2.05) is 14.1 Å². The number of carbonyl (C=O) groups is 3. The van der Waals surface area contributed by atoms with E-state index >= 15 is 0 Å². The van der Waals surface area contributed by atoms with Crippen molar-refractivity contribution in [2.24, 2.45) is 0 Å². The van der Waals surface area contributed by atoms with Crippen LogP contribution in [0.5, 0.6) is 5.75 Å². The van der Waals surface area contributed by atoms with Gasteiger partial charge >= 0.3 is 5.97 Å². The van der Waals surface area contributed by atoms with Gasteiger partial charge in [-0.25, -0.2) is 0 Å². The molecule has 0 spiro atoms. The number of carboxylic acids is 1. The zero-order chi connectivity index (χ0) is 18.4. The number of benzene rings is 1. The lowest BCUT2D eigenvalue weighted by molar-refractivity contribution is -0.138. The Bertz CT molecular complexity index is 660. The Morgan fingerprint density at radius 2 is 2.08 bits per heavy atom. The van der Waals surface area contributed by atoms with Crippen LogP contribution in [0.15, 0.2) is 18.2 Å². The second kappa shape index (κ2) is 8.48. The Morgan fingerprint density at radius 1 is 1.32 bits per heavy atom. The molecule has 1 aromatic rings. The number of anilines is 2. The molecule has 2 N–H and O–H groups in total. The van der Waals surface area contributed by atoms with E-state index in [2.05, 4.69) is 10.2 Å². The fourth-order valence-electron chi connectivity index (χ4n) is 2.52. The maximum absolute atomic E-state index is 12.1. The van der Waals surface area contributed by atoms with Crippen molar-refractivity contribution >= 4 is 29.2 Å². The highest BCUT2D eigenvalue weighted by molar-refractivity contribution is 5.99. The summed E-state index contributed by atoms with van der Waals surface area (Å²) < 4.78 is 5.47. The monoisotopic (exact) mass is 349 g/mol. The highest BCUT2D eigenvalue weighted by Crippen LogP contribution is 2.34. The first-order chi connectivity index (χ1) is 11.9. The fourth-order valence-corrected chi connectivity index (χ4v) is 2.52. The van der Waals surface area contributed by atoms with Crippen LogP contribution in [0.25, 0.3) is 0 Å². The highest BCUT2D eigenvalue weighted by Gasteiger charge is 2.25. The van der Waals surface area contributed by atoms with Gasteiger partial charge in [-0.15, -0.1) is 0 Å². The minimum absolute atomic E-state index is 0.0363. The summed E-state index contributed by atoms with van der Waals surface area (Å²) in [5.41, 5.74) is 1.19. The molecule has 8 heteroatoms. The molecule has 0 atom stereocenters. The number of rotatable bonds is 8. The van der Waals surface area contributed by atoms with Gasteiger partial charge in [0.25, 0.3) is 5.91 Å². The normalized spacial score (nSPS) is 13.4. The van der Waals surface area contributed by atoms with Crippen molar-refractivity contribution < 1.29 is 24.2 Å². The number of hydrogen-bond donors (Lipinski definition) is 2. The molecule has 0 aliphatic carbocycles. The van der Waals surface area contributed by atoms with E-state index in [1.165, 1.54) is 0 Å². The molecule has 0 saturated heterocycles. The van der Waals surface area contributed by atoms with E-state index in [-0.39, 0.29) is 31.3 Å². The minimum Gasteiger partial charge on any atom is -0.481 e. The lowest BCUT2D eigenvalue weighted by atomic mass is 10.2. The SMILES string of the molecule is CN(C)CCCN1C(=O)COc2cc(NC(=O)CCC(=O)O)ccc21. The molecule has 0 aromatic heterocycles. The number of fused-ring (bicyclic) bond motifs is 1. The first kappa shape index (κ1) is 18.7. The Kier molecular flexibility index (Phi) is 6.35. The topological polar surface area (TPSA) is 99.2 Å². The number of aliphatic carboxylic acids is 1. The smallest absolute Gasteiger partial charge is 0.303 e.